The minimum absolute atomic E-state index is 0.0504. The highest BCUT2D eigenvalue weighted by Crippen LogP contribution is 2.21. The van der Waals surface area contributed by atoms with Gasteiger partial charge in [0.15, 0.2) is 0 Å². The number of rotatable bonds is 5. The third-order valence-electron chi connectivity index (χ3n) is 1.77. The van der Waals surface area contributed by atoms with Gasteiger partial charge in [0, 0.05) is 6.54 Å². The molecular formula is C8H13ClN4O2. The zero-order chi connectivity index (χ0) is 11.4. The maximum absolute atomic E-state index is 10.7. The summed E-state index contributed by atoms with van der Waals surface area (Å²) in [7, 11) is 0. The van der Waals surface area contributed by atoms with E-state index in [1.165, 1.54) is 0 Å². The zero-order valence-electron chi connectivity index (χ0n) is 8.61. The van der Waals surface area contributed by atoms with Crippen LogP contribution in [0.5, 0.6) is 0 Å². The lowest BCUT2D eigenvalue weighted by Crippen LogP contribution is -2.33. The maximum atomic E-state index is 10.7. The quantitative estimate of drug-likeness (QED) is 0.755. The molecular weight excluding hydrogens is 220 g/mol. The Morgan fingerprint density at radius 2 is 2.33 bits per heavy atom. The van der Waals surface area contributed by atoms with Crippen LogP contribution in [0.3, 0.4) is 0 Å². The summed E-state index contributed by atoms with van der Waals surface area (Å²) in [4.78, 5) is 12.3. The highest BCUT2D eigenvalue weighted by molar-refractivity contribution is 6.20. The SMILES string of the molecule is CCN(CC(N)=O)c1nnc(C(C)Cl)o1. The Hall–Kier alpha value is -1.30. The van der Waals surface area contributed by atoms with Crippen LogP contribution < -0.4 is 10.6 Å². The number of carbonyl (C=O) groups is 1. The van der Waals surface area contributed by atoms with Crippen LogP contribution in [0.25, 0.3) is 0 Å². The molecule has 0 aliphatic rings. The second-order valence-electron chi connectivity index (χ2n) is 3.02. The standard InChI is InChI=1S/C8H13ClN4O2/c1-3-13(4-6(10)14)8-12-11-7(15-8)5(2)9/h5H,3-4H2,1-2H3,(H2,10,14). The summed E-state index contributed by atoms with van der Waals surface area (Å²) >= 11 is 5.76. The van der Waals surface area contributed by atoms with E-state index in [4.69, 9.17) is 21.8 Å². The van der Waals surface area contributed by atoms with Crippen LogP contribution in [0.15, 0.2) is 4.42 Å². The van der Waals surface area contributed by atoms with Gasteiger partial charge in [0.1, 0.15) is 11.9 Å². The van der Waals surface area contributed by atoms with Gasteiger partial charge in [-0.1, -0.05) is 5.10 Å². The first-order valence-corrected chi connectivity index (χ1v) is 4.99. The Kier molecular flexibility index (Phi) is 3.90. The molecule has 0 saturated heterocycles. The van der Waals surface area contributed by atoms with Crippen LogP contribution in [0, 0.1) is 0 Å². The van der Waals surface area contributed by atoms with E-state index in [-0.39, 0.29) is 17.9 Å². The van der Waals surface area contributed by atoms with Crippen LogP contribution in [-0.2, 0) is 4.79 Å². The summed E-state index contributed by atoms with van der Waals surface area (Å²) in [6.07, 6.45) is 0. The third kappa shape index (κ3) is 3.09. The first-order chi connectivity index (χ1) is 7.04. The third-order valence-corrected chi connectivity index (χ3v) is 1.96. The molecule has 0 aliphatic carbocycles. The van der Waals surface area contributed by atoms with Crippen molar-refractivity contribution in [1.29, 1.82) is 0 Å². The molecule has 1 amide bonds. The lowest BCUT2D eigenvalue weighted by molar-refractivity contribution is -0.116. The number of hydrogen-bond acceptors (Lipinski definition) is 5. The fourth-order valence-corrected chi connectivity index (χ4v) is 1.11. The molecule has 0 bridgehead atoms. The molecule has 1 heterocycles. The topological polar surface area (TPSA) is 85.2 Å². The van der Waals surface area contributed by atoms with E-state index in [9.17, 15) is 4.79 Å². The Morgan fingerprint density at radius 3 is 2.73 bits per heavy atom. The van der Waals surface area contributed by atoms with Gasteiger partial charge >= 0.3 is 6.01 Å². The summed E-state index contributed by atoms with van der Waals surface area (Å²) in [6.45, 7) is 4.19. The molecule has 1 aromatic rings. The molecule has 1 rings (SSSR count). The van der Waals surface area contributed by atoms with E-state index >= 15 is 0 Å². The van der Waals surface area contributed by atoms with Crippen LogP contribution in [0.1, 0.15) is 25.1 Å². The molecule has 15 heavy (non-hydrogen) atoms. The molecule has 7 heteroatoms. The van der Waals surface area contributed by atoms with E-state index in [1.54, 1.807) is 11.8 Å². The lowest BCUT2D eigenvalue weighted by atomic mass is 10.5. The van der Waals surface area contributed by atoms with Crippen LogP contribution >= 0.6 is 11.6 Å². The van der Waals surface area contributed by atoms with E-state index in [1.807, 2.05) is 6.92 Å². The number of aromatic nitrogens is 2. The van der Waals surface area contributed by atoms with E-state index < -0.39 is 5.91 Å². The molecule has 2 N–H and O–H groups in total. The van der Waals surface area contributed by atoms with Crippen molar-refractivity contribution in [2.24, 2.45) is 5.73 Å². The van der Waals surface area contributed by atoms with Crippen molar-refractivity contribution < 1.29 is 9.21 Å². The molecule has 1 atom stereocenters. The van der Waals surface area contributed by atoms with Gasteiger partial charge in [-0.3, -0.25) is 4.79 Å². The Balaban J connectivity index is 2.78. The number of nitrogens with two attached hydrogens (primary N) is 1. The summed E-state index contributed by atoms with van der Waals surface area (Å²) in [5.74, 6) is -0.120. The normalized spacial score (nSPS) is 12.5. The molecule has 0 fully saturated rings. The number of anilines is 1. The molecule has 0 radical (unpaired) electrons. The first kappa shape index (κ1) is 11.8. The van der Waals surface area contributed by atoms with Gasteiger partial charge in [-0.2, -0.15) is 0 Å². The van der Waals surface area contributed by atoms with Gasteiger partial charge in [-0.25, -0.2) is 0 Å². The Bertz CT molecular complexity index is 339. The largest absolute Gasteiger partial charge is 0.406 e. The number of likely N-dealkylation sites (N-methyl/N-ethyl adjacent to an activating group) is 1. The van der Waals surface area contributed by atoms with E-state index in [0.29, 0.717) is 12.4 Å². The van der Waals surface area contributed by atoms with Gasteiger partial charge in [0.2, 0.25) is 11.8 Å². The number of hydrogen-bond donors (Lipinski definition) is 1. The summed E-state index contributed by atoms with van der Waals surface area (Å²) in [5, 5.41) is 7.18. The highest BCUT2D eigenvalue weighted by Gasteiger charge is 2.16. The monoisotopic (exact) mass is 232 g/mol. The second-order valence-corrected chi connectivity index (χ2v) is 3.67. The number of halogens is 1. The Morgan fingerprint density at radius 1 is 1.67 bits per heavy atom. The average Bonchev–Trinajstić information content (AvgIpc) is 2.62. The minimum Gasteiger partial charge on any atom is -0.406 e. The summed E-state index contributed by atoms with van der Waals surface area (Å²) in [6, 6.07) is 0.263. The van der Waals surface area contributed by atoms with Crippen molar-refractivity contribution in [1.82, 2.24) is 10.2 Å². The van der Waals surface area contributed by atoms with E-state index in [0.717, 1.165) is 0 Å². The first-order valence-electron chi connectivity index (χ1n) is 4.55. The number of alkyl halides is 1. The molecule has 0 saturated carbocycles. The summed E-state index contributed by atoms with van der Waals surface area (Å²) in [5.41, 5.74) is 5.08. The molecule has 1 unspecified atom stereocenters. The molecule has 0 aliphatic heterocycles. The van der Waals surface area contributed by atoms with Crippen molar-refractivity contribution in [3.05, 3.63) is 5.89 Å². The van der Waals surface area contributed by atoms with Crippen molar-refractivity contribution in [3.8, 4) is 0 Å². The molecule has 0 spiro atoms. The summed E-state index contributed by atoms with van der Waals surface area (Å²) < 4.78 is 5.26. The number of carbonyl (C=O) groups excluding carboxylic acids is 1. The van der Waals surface area contributed by atoms with Gasteiger partial charge < -0.3 is 15.1 Å². The van der Waals surface area contributed by atoms with Crippen LogP contribution in [0.2, 0.25) is 0 Å². The predicted molar refractivity (Wildman–Crippen MR) is 55.6 cm³/mol. The van der Waals surface area contributed by atoms with Gasteiger partial charge in [0.05, 0.1) is 0 Å². The van der Waals surface area contributed by atoms with Crippen LogP contribution in [-0.4, -0.2) is 29.2 Å². The number of nitrogens with zero attached hydrogens (tertiary/aromatic N) is 3. The molecule has 84 valence electrons. The van der Waals surface area contributed by atoms with Crippen molar-refractivity contribution >= 4 is 23.5 Å². The maximum Gasteiger partial charge on any atom is 0.318 e. The predicted octanol–water partition coefficient (Wildman–Crippen LogP) is 0.681. The number of primary amides is 1. The highest BCUT2D eigenvalue weighted by atomic mass is 35.5. The molecule has 6 nitrogen and oxygen atoms in total. The van der Waals surface area contributed by atoms with Crippen LogP contribution in [0.4, 0.5) is 6.01 Å². The smallest absolute Gasteiger partial charge is 0.318 e. The lowest BCUT2D eigenvalue weighted by Gasteiger charge is -2.14. The fraction of sp³-hybridized carbons (Fsp3) is 0.625. The number of amides is 1. The molecule has 0 aromatic carbocycles. The zero-order valence-corrected chi connectivity index (χ0v) is 9.36. The van der Waals surface area contributed by atoms with E-state index in [2.05, 4.69) is 10.2 Å². The van der Waals surface area contributed by atoms with Gasteiger partial charge in [-0.15, -0.1) is 16.7 Å². The average molecular weight is 233 g/mol. The molecule has 1 aromatic heterocycles. The minimum atomic E-state index is -0.449. The van der Waals surface area contributed by atoms with Gasteiger partial charge in [-0.05, 0) is 13.8 Å². The second kappa shape index (κ2) is 4.97. The fourth-order valence-electron chi connectivity index (χ4n) is 1.02. The Labute approximate surface area is 92.4 Å². The van der Waals surface area contributed by atoms with Crippen molar-refractivity contribution in [3.63, 3.8) is 0 Å². The van der Waals surface area contributed by atoms with Gasteiger partial charge in [0.25, 0.3) is 0 Å². The van der Waals surface area contributed by atoms with Crippen molar-refractivity contribution in [2.75, 3.05) is 18.0 Å². The van der Waals surface area contributed by atoms with Crippen molar-refractivity contribution in [2.45, 2.75) is 19.2 Å².